The molecule has 5 nitrogen and oxygen atoms in total. The third kappa shape index (κ3) is 4.59. The van der Waals surface area contributed by atoms with E-state index >= 15 is 0 Å². The Morgan fingerprint density at radius 3 is 2.47 bits per heavy atom. The molecule has 0 saturated carbocycles. The summed E-state index contributed by atoms with van der Waals surface area (Å²) in [6, 6.07) is 5.68. The number of alkyl halides is 3. The molecule has 1 heterocycles. The molecule has 0 radical (unpaired) electrons. The van der Waals surface area contributed by atoms with E-state index in [1.54, 1.807) is 12.1 Å². The number of hydrogen-bond acceptors (Lipinski definition) is 4. The van der Waals surface area contributed by atoms with Gasteiger partial charge in [0.1, 0.15) is 17.9 Å². The van der Waals surface area contributed by atoms with Gasteiger partial charge in [-0.3, -0.25) is 5.10 Å². The Morgan fingerprint density at radius 1 is 1.16 bits per heavy atom. The third-order valence-electron chi connectivity index (χ3n) is 2.24. The van der Waals surface area contributed by atoms with Crippen LogP contribution in [0.4, 0.5) is 13.2 Å². The molecule has 0 saturated heterocycles. The van der Waals surface area contributed by atoms with Crippen LogP contribution in [0.2, 0.25) is 0 Å². The van der Waals surface area contributed by atoms with Crippen molar-refractivity contribution in [3.63, 3.8) is 0 Å². The first-order chi connectivity index (χ1) is 9.03. The number of nitrogens with zero attached hydrogens (tertiary/aromatic N) is 2. The number of H-pyrrole nitrogens is 1. The van der Waals surface area contributed by atoms with Crippen LogP contribution in [0.15, 0.2) is 30.6 Å². The smallest absolute Gasteiger partial charge is 0.406 e. The summed E-state index contributed by atoms with van der Waals surface area (Å²) in [4.78, 5) is 3.93. The first-order valence-corrected chi connectivity index (χ1v) is 5.42. The van der Waals surface area contributed by atoms with Crippen molar-refractivity contribution in [1.29, 1.82) is 0 Å². The average Bonchev–Trinajstić information content (AvgIpc) is 2.82. The van der Waals surface area contributed by atoms with E-state index in [2.05, 4.69) is 25.2 Å². The Balaban J connectivity index is 1.81. The average molecular weight is 272 g/mol. The highest BCUT2D eigenvalue weighted by Gasteiger charge is 2.30. The van der Waals surface area contributed by atoms with Crippen LogP contribution in [0, 0.1) is 0 Å². The predicted molar refractivity (Wildman–Crippen MR) is 60.1 cm³/mol. The number of hydrogen-bond donors (Lipinski definition) is 2. The molecule has 1 aromatic carbocycles. The Bertz CT molecular complexity index is 496. The van der Waals surface area contributed by atoms with Gasteiger partial charge >= 0.3 is 6.36 Å². The molecule has 2 N–H and O–H groups in total. The standard InChI is InChI=1S/C11H11F3N4O/c12-11(13,14)19-9-3-1-8(2-4-9)5-15-6-10-16-7-17-18-10/h1-4,7,15H,5-6H2,(H,16,17,18). The Labute approximate surface area is 106 Å². The van der Waals surface area contributed by atoms with Crippen LogP contribution in [0.25, 0.3) is 0 Å². The van der Waals surface area contributed by atoms with Gasteiger partial charge in [-0.05, 0) is 17.7 Å². The molecule has 0 fully saturated rings. The first-order valence-electron chi connectivity index (χ1n) is 5.42. The maximum atomic E-state index is 12.0. The quantitative estimate of drug-likeness (QED) is 0.873. The van der Waals surface area contributed by atoms with Gasteiger partial charge in [0.25, 0.3) is 0 Å². The molecular weight excluding hydrogens is 261 g/mol. The summed E-state index contributed by atoms with van der Waals surface area (Å²) in [5, 5.41) is 9.46. The highest BCUT2D eigenvalue weighted by atomic mass is 19.4. The number of nitrogens with one attached hydrogen (secondary N) is 2. The van der Waals surface area contributed by atoms with Crippen LogP contribution in [0.1, 0.15) is 11.4 Å². The van der Waals surface area contributed by atoms with E-state index in [9.17, 15) is 13.2 Å². The van der Waals surface area contributed by atoms with E-state index in [1.165, 1.54) is 18.5 Å². The second-order valence-electron chi connectivity index (χ2n) is 3.73. The van der Waals surface area contributed by atoms with E-state index in [-0.39, 0.29) is 5.75 Å². The number of benzene rings is 1. The van der Waals surface area contributed by atoms with Crippen LogP contribution in [-0.4, -0.2) is 21.5 Å². The lowest BCUT2D eigenvalue weighted by Crippen LogP contribution is -2.17. The van der Waals surface area contributed by atoms with E-state index in [4.69, 9.17) is 0 Å². The summed E-state index contributed by atoms with van der Waals surface area (Å²) in [5.74, 6) is 0.462. The molecule has 0 aliphatic carbocycles. The summed E-state index contributed by atoms with van der Waals surface area (Å²) < 4.78 is 39.6. The van der Waals surface area contributed by atoms with Gasteiger partial charge in [0.05, 0.1) is 6.54 Å². The molecule has 0 aliphatic heterocycles. The number of ether oxygens (including phenoxy) is 1. The largest absolute Gasteiger partial charge is 0.573 e. The third-order valence-corrected chi connectivity index (χ3v) is 2.24. The highest BCUT2D eigenvalue weighted by molar-refractivity contribution is 5.27. The predicted octanol–water partition coefficient (Wildman–Crippen LogP) is 1.99. The summed E-state index contributed by atoms with van der Waals surface area (Å²) in [6.45, 7) is 1.01. The first kappa shape index (κ1) is 13.3. The monoisotopic (exact) mass is 272 g/mol. The second-order valence-corrected chi connectivity index (χ2v) is 3.73. The topological polar surface area (TPSA) is 62.8 Å². The maximum Gasteiger partial charge on any atom is 0.573 e. The molecule has 8 heteroatoms. The molecule has 2 aromatic rings. The van der Waals surface area contributed by atoms with Gasteiger partial charge < -0.3 is 10.1 Å². The minimum Gasteiger partial charge on any atom is -0.406 e. The van der Waals surface area contributed by atoms with E-state index in [0.29, 0.717) is 18.9 Å². The molecule has 0 unspecified atom stereocenters. The Morgan fingerprint density at radius 2 is 1.89 bits per heavy atom. The van der Waals surface area contributed by atoms with Gasteiger partial charge in [0.15, 0.2) is 0 Å². The normalized spacial score (nSPS) is 11.5. The molecule has 0 amide bonds. The number of aromatic amines is 1. The number of aromatic nitrogens is 3. The molecule has 0 bridgehead atoms. The minimum atomic E-state index is -4.66. The molecule has 0 spiro atoms. The van der Waals surface area contributed by atoms with Gasteiger partial charge in [-0.1, -0.05) is 12.1 Å². The van der Waals surface area contributed by atoms with Crippen molar-refractivity contribution in [3.05, 3.63) is 42.0 Å². The van der Waals surface area contributed by atoms with Crippen molar-refractivity contribution in [3.8, 4) is 5.75 Å². The summed E-state index contributed by atoms with van der Waals surface area (Å²) in [6.07, 6.45) is -3.26. The van der Waals surface area contributed by atoms with Crippen molar-refractivity contribution in [2.45, 2.75) is 19.5 Å². The van der Waals surface area contributed by atoms with E-state index < -0.39 is 6.36 Å². The fourth-order valence-corrected chi connectivity index (χ4v) is 1.45. The molecule has 0 atom stereocenters. The van der Waals surface area contributed by atoms with Crippen molar-refractivity contribution in [1.82, 2.24) is 20.5 Å². The highest BCUT2D eigenvalue weighted by Crippen LogP contribution is 2.22. The molecule has 1 aromatic heterocycles. The van der Waals surface area contributed by atoms with Crippen molar-refractivity contribution in [2.75, 3.05) is 0 Å². The van der Waals surface area contributed by atoms with Gasteiger partial charge in [-0.25, -0.2) is 4.98 Å². The SMILES string of the molecule is FC(F)(F)Oc1ccc(CNCc2ncn[nH]2)cc1. The van der Waals surface area contributed by atoms with Crippen LogP contribution in [0.3, 0.4) is 0 Å². The van der Waals surface area contributed by atoms with Crippen LogP contribution < -0.4 is 10.1 Å². The van der Waals surface area contributed by atoms with Crippen LogP contribution >= 0.6 is 0 Å². The summed E-state index contributed by atoms with van der Waals surface area (Å²) >= 11 is 0. The summed E-state index contributed by atoms with van der Waals surface area (Å²) in [7, 11) is 0. The fraction of sp³-hybridized carbons (Fsp3) is 0.273. The minimum absolute atomic E-state index is 0.230. The molecular formula is C11H11F3N4O. The molecule has 2 rings (SSSR count). The van der Waals surface area contributed by atoms with Crippen LogP contribution in [-0.2, 0) is 13.1 Å². The van der Waals surface area contributed by atoms with Crippen LogP contribution in [0.5, 0.6) is 5.75 Å². The van der Waals surface area contributed by atoms with Gasteiger partial charge in [-0.2, -0.15) is 5.10 Å². The maximum absolute atomic E-state index is 12.0. The van der Waals surface area contributed by atoms with Gasteiger partial charge in [0, 0.05) is 6.54 Å². The zero-order valence-corrected chi connectivity index (χ0v) is 9.74. The van der Waals surface area contributed by atoms with Crippen molar-refractivity contribution >= 4 is 0 Å². The van der Waals surface area contributed by atoms with Gasteiger partial charge in [-0.15, -0.1) is 13.2 Å². The fourth-order valence-electron chi connectivity index (χ4n) is 1.45. The van der Waals surface area contributed by atoms with E-state index in [0.717, 1.165) is 5.56 Å². The Kier molecular flexibility index (Phi) is 4.00. The van der Waals surface area contributed by atoms with Crippen molar-refractivity contribution < 1.29 is 17.9 Å². The zero-order chi connectivity index (χ0) is 13.7. The van der Waals surface area contributed by atoms with Crippen molar-refractivity contribution in [2.24, 2.45) is 0 Å². The van der Waals surface area contributed by atoms with E-state index in [1.807, 2.05) is 0 Å². The lowest BCUT2D eigenvalue weighted by molar-refractivity contribution is -0.274. The number of rotatable bonds is 5. The molecule has 102 valence electrons. The summed E-state index contributed by atoms with van der Waals surface area (Å²) in [5.41, 5.74) is 0.842. The Hall–Kier alpha value is -2.09. The lowest BCUT2D eigenvalue weighted by Gasteiger charge is -2.09. The second kappa shape index (κ2) is 5.70. The molecule has 19 heavy (non-hydrogen) atoms. The number of halogens is 3. The zero-order valence-electron chi connectivity index (χ0n) is 9.74. The lowest BCUT2D eigenvalue weighted by atomic mass is 10.2. The molecule has 0 aliphatic rings. The van der Waals surface area contributed by atoms with Gasteiger partial charge in [0.2, 0.25) is 0 Å².